The average Bonchev–Trinajstić information content (AvgIpc) is 2.59. The van der Waals surface area contributed by atoms with E-state index in [1.807, 2.05) is 0 Å². The quantitative estimate of drug-likeness (QED) is 0.410. The van der Waals surface area contributed by atoms with Gasteiger partial charge in [0.2, 0.25) is 0 Å². The summed E-state index contributed by atoms with van der Waals surface area (Å²) >= 11 is 0. The lowest BCUT2D eigenvalue weighted by Gasteiger charge is -2.45. The molecule has 0 N–H and O–H groups in total. The summed E-state index contributed by atoms with van der Waals surface area (Å²) in [7, 11) is 0. The Kier molecular flexibility index (Phi) is 7.94. The Balaban J connectivity index is 1.74. The number of nitriles is 1. The molecule has 0 saturated heterocycles. The molecule has 2 aliphatic rings. The van der Waals surface area contributed by atoms with Crippen LogP contribution >= 0.6 is 0 Å². The van der Waals surface area contributed by atoms with Crippen molar-refractivity contribution in [2.45, 2.75) is 110 Å². The van der Waals surface area contributed by atoms with Crippen LogP contribution in [0.1, 0.15) is 110 Å². The highest BCUT2D eigenvalue weighted by Gasteiger charge is 2.42. The average molecular weight is 318 g/mol. The van der Waals surface area contributed by atoms with Crippen LogP contribution in [0.4, 0.5) is 0 Å². The van der Waals surface area contributed by atoms with E-state index in [9.17, 15) is 5.26 Å². The van der Waals surface area contributed by atoms with Gasteiger partial charge < -0.3 is 0 Å². The van der Waals surface area contributed by atoms with Crippen molar-refractivity contribution in [3.8, 4) is 6.07 Å². The van der Waals surface area contributed by atoms with Crippen LogP contribution in [0.5, 0.6) is 0 Å². The van der Waals surface area contributed by atoms with Crippen molar-refractivity contribution in [1.82, 2.24) is 0 Å². The van der Waals surface area contributed by atoms with Crippen molar-refractivity contribution in [2.24, 2.45) is 23.2 Å². The van der Waals surface area contributed by atoms with E-state index in [4.69, 9.17) is 0 Å². The summed E-state index contributed by atoms with van der Waals surface area (Å²) in [6.45, 7) is 4.55. The molecule has 23 heavy (non-hydrogen) atoms. The third-order valence-corrected chi connectivity index (χ3v) is 6.86. The predicted molar refractivity (Wildman–Crippen MR) is 99.1 cm³/mol. The van der Waals surface area contributed by atoms with Gasteiger partial charge >= 0.3 is 0 Å². The fraction of sp³-hybridized carbons (Fsp3) is 0.955. The van der Waals surface area contributed by atoms with Gasteiger partial charge in [0.25, 0.3) is 0 Å². The number of unbranched alkanes of at least 4 members (excludes halogenated alkanes) is 5. The normalized spacial score (nSPS) is 33.9. The van der Waals surface area contributed by atoms with Crippen molar-refractivity contribution >= 4 is 0 Å². The summed E-state index contributed by atoms with van der Waals surface area (Å²) in [6.07, 6.45) is 20.3. The van der Waals surface area contributed by atoms with Gasteiger partial charge in [-0.2, -0.15) is 5.26 Å². The van der Waals surface area contributed by atoms with Gasteiger partial charge in [0.1, 0.15) is 0 Å². The first kappa shape index (κ1) is 18.8. The van der Waals surface area contributed by atoms with Crippen LogP contribution in [0.3, 0.4) is 0 Å². The molecule has 1 unspecified atom stereocenters. The zero-order valence-corrected chi connectivity index (χ0v) is 15.8. The Morgan fingerprint density at radius 2 is 1.70 bits per heavy atom. The molecule has 0 heterocycles. The standard InChI is InChI=1S/C22H39N/c1-3-5-7-8-9-10-19-11-12-21-17-22(18-23,14-6-4-2)15-13-20(21)16-19/h19-21H,3-17H2,1-2H3/t19-,20+,21?,22-/m0/s1. The molecule has 0 bridgehead atoms. The molecule has 1 nitrogen and oxygen atoms in total. The molecule has 2 fully saturated rings. The monoisotopic (exact) mass is 317 g/mol. The Hall–Kier alpha value is -0.510. The second kappa shape index (κ2) is 9.71. The molecule has 0 aromatic rings. The highest BCUT2D eigenvalue weighted by atomic mass is 14.5. The lowest BCUT2D eigenvalue weighted by atomic mass is 9.58. The molecule has 0 amide bonds. The SMILES string of the molecule is CCCCCCC[C@H]1CCC2C[C@](C#N)(CCCC)CC[C@@H]2C1. The van der Waals surface area contributed by atoms with Crippen molar-refractivity contribution in [3.05, 3.63) is 0 Å². The van der Waals surface area contributed by atoms with Crippen LogP contribution in [-0.4, -0.2) is 0 Å². The minimum Gasteiger partial charge on any atom is -0.198 e. The first-order valence-electron chi connectivity index (χ1n) is 10.6. The zero-order valence-electron chi connectivity index (χ0n) is 15.8. The van der Waals surface area contributed by atoms with E-state index in [0.29, 0.717) is 0 Å². The molecule has 0 aliphatic heterocycles. The van der Waals surface area contributed by atoms with Crippen LogP contribution in [0.15, 0.2) is 0 Å². The van der Waals surface area contributed by atoms with Crippen LogP contribution in [0, 0.1) is 34.5 Å². The smallest absolute Gasteiger partial charge is 0.0689 e. The molecular formula is C22H39N. The van der Waals surface area contributed by atoms with Crippen LogP contribution in [0.25, 0.3) is 0 Å². The van der Waals surface area contributed by atoms with Gasteiger partial charge in [0, 0.05) is 0 Å². The van der Waals surface area contributed by atoms with E-state index in [-0.39, 0.29) is 5.41 Å². The minimum absolute atomic E-state index is 0.0458. The van der Waals surface area contributed by atoms with Gasteiger partial charge in [-0.05, 0) is 56.3 Å². The van der Waals surface area contributed by atoms with E-state index in [1.165, 1.54) is 89.9 Å². The second-order valence-corrected chi connectivity index (χ2v) is 8.64. The third-order valence-electron chi connectivity index (χ3n) is 6.86. The van der Waals surface area contributed by atoms with Gasteiger partial charge in [-0.1, -0.05) is 71.6 Å². The van der Waals surface area contributed by atoms with Crippen molar-refractivity contribution in [1.29, 1.82) is 5.26 Å². The van der Waals surface area contributed by atoms with Crippen molar-refractivity contribution < 1.29 is 0 Å². The van der Waals surface area contributed by atoms with Crippen molar-refractivity contribution in [2.75, 3.05) is 0 Å². The molecule has 0 aromatic heterocycles. The van der Waals surface area contributed by atoms with E-state index in [0.717, 1.165) is 24.2 Å². The molecule has 4 atom stereocenters. The molecular weight excluding hydrogens is 278 g/mol. The van der Waals surface area contributed by atoms with Crippen LogP contribution in [-0.2, 0) is 0 Å². The molecule has 132 valence electrons. The summed E-state index contributed by atoms with van der Waals surface area (Å²) in [6, 6.07) is 2.75. The zero-order chi connectivity index (χ0) is 16.5. The summed E-state index contributed by atoms with van der Waals surface area (Å²) < 4.78 is 0. The summed E-state index contributed by atoms with van der Waals surface area (Å²) in [5, 5.41) is 9.75. The maximum Gasteiger partial charge on any atom is 0.0689 e. The van der Waals surface area contributed by atoms with Crippen molar-refractivity contribution in [3.63, 3.8) is 0 Å². The lowest BCUT2D eigenvalue weighted by Crippen LogP contribution is -2.36. The number of hydrogen-bond donors (Lipinski definition) is 0. The molecule has 0 spiro atoms. The lowest BCUT2D eigenvalue weighted by molar-refractivity contribution is 0.0617. The summed E-state index contributed by atoms with van der Waals surface area (Å²) in [5.74, 6) is 2.83. The van der Waals surface area contributed by atoms with E-state index in [1.54, 1.807) is 0 Å². The van der Waals surface area contributed by atoms with Gasteiger partial charge in [-0.15, -0.1) is 0 Å². The first-order valence-corrected chi connectivity index (χ1v) is 10.6. The molecule has 0 radical (unpaired) electrons. The predicted octanol–water partition coefficient (Wildman–Crippen LogP) is 7.26. The second-order valence-electron chi connectivity index (χ2n) is 8.64. The van der Waals surface area contributed by atoms with Gasteiger partial charge in [-0.3, -0.25) is 0 Å². The molecule has 2 aliphatic carbocycles. The topological polar surface area (TPSA) is 23.8 Å². The molecule has 2 rings (SSSR count). The largest absolute Gasteiger partial charge is 0.198 e. The van der Waals surface area contributed by atoms with E-state index >= 15 is 0 Å². The number of nitrogens with zero attached hydrogens (tertiary/aromatic N) is 1. The maximum atomic E-state index is 9.75. The van der Waals surface area contributed by atoms with Crippen LogP contribution in [0.2, 0.25) is 0 Å². The summed E-state index contributed by atoms with van der Waals surface area (Å²) in [5.41, 5.74) is 0.0458. The Morgan fingerprint density at radius 3 is 2.43 bits per heavy atom. The maximum absolute atomic E-state index is 9.75. The Bertz CT molecular complexity index is 369. The molecule has 0 aromatic carbocycles. The van der Waals surface area contributed by atoms with Crippen LogP contribution < -0.4 is 0 Å². The third kappa shape index (κ3) is 5.51. The van der Waals surface area contributed by atoms with Gasteiger partial charge in [0.15, 0.2) is 0 Å². The molecule has 1 heteroatoms. The van der Waals surface area contributed by atoms with E-state index < -0.39 is 0 Å². The van der Waals surface area contributed by atoms with E-state index in [2.05, 4.69) is 19.9 Å². The molecule has 2 saturated carbocycles. The highest BCUT2D eigenvalue weighted by Crippen LogP contribution is 2.51. The summed E-state index contributed by atoms with van der Waals surface area (Å²) in [4.78, 5) is 0. The van der Waals surface area contributed by atoms with Gasteiger partial charge in [0.05, 0.1) is 11.5 Å². The number of fused-ring (bicyclic) bond motifs is 1. The highest BCUT2D eigenvalue weighted by molar-refractivity contribution is 5.04. The Morgan fingerprint density at radius 1 is 0.913 bits per heavy atom. The number of hydrogen-bond acceptors (Lipinski definition) is 1. The fourth-order valence-electron chi connectivity index (χ4n) is 5.31. The fourth-order valence-corrected chi connectivity index (χ4v) is 5.31. The van der Waals surface area contributed by atoms with Gasteiger partial charge in [-0.25, -0.2) is 0 Å². The first-order chi connectivity index (χ1) is 11.2. The minimum atomic E-state index is 0.0458. The Labute approximate surface area is 145 Å². The number of rotatable bonds is 9.